The fourth-order valence-electron chi connectivity index (χ4n) is 1.59. The van der Waals surface area contributed by atoms with Crippen molar-refractivity contribution < 1.29 is 9.90 Å². The van der Waals surface area contributed by atoms with Gasteiger partial charge in [0.15, 0.2) is 0 Å². The highest BCUT2D eigenvalue weighted by atomic mass is 35.5. The number of aliphatic hydroxyl groups excluding tert-OH is 1. The fourth-order valence-corrected chi connectivity index (χ4v) is 2.44. The number of carbonyl (C=O) groups excluding carboxylic acids is 1. The molecule has 0 heterocycles. The number of hydrogen-bond donors (Lipinski definition) is 2. The Kier molecular flexibility index (Phi) is 7.28. The Morgan fingerprint density at radius 3 is 2.58 bits per heavy atom. The highest BCUT2D eigenvalue weighted by molar-refractivity contribution is 8.00. The molecule has 2 N–H and O–H groups in total. The van der Waals surface area contributed by atoms with E-state index in [1.807, 2.05) is 26.0 Å². The molecule has 5 heteroatoms. The molecule has 1 unspecified atom stereocenters. The first-order chi connectivity index (χ1) is 8.97. The molecule has 1 rings (SSSR count). The van der Waals surface area contributed by atoms with Crippen LogP contribution in [0.1, 0.15) is 20.3 Å². The van der Waals surface area contributed by atoms with Crippen LogP contribution in [-0.2, 0) is 4.79 Å². The molecule has 0 spiro atoms. The van der Waals surface area contributed by atoms with Gasteiger partial charge in [-0.1, -0.05) is 25.4 Å². The number of hydrogen-bond acceptors (Lipinski definition) is 3. The Labute approximate surface area is 123 Å². The van der Waals surface area contributed by atoms with Crippen LogP contribution < -0.4 is 5.32 Å². The molecule has 1 amide bonds. The summed E-state index contributed by atoms with van der Waals surface area (Å²) in [6, 6.07) is 7.37. The first-order valence-corrected chi connectivity index (χ1v) is 7.67. The zero-order valence-corrected chi connectivity index (χ0v) is 12.8. The van der Waals surface area contributed by atoms with E-state index in [0.29, 0.717) is 29.7 Å². The average molecular weight is 302 g/mol. The van der Waals surface area contributed by atoms with E-state index in [1.54, 1.807) is 12.1 Å². The summed E-state index contributed by atoms with van der Waals surface area (Å²) in [6.07, 6.45) is 0.231. The lowest BCUT2D eigenvalue weighted by atomic mass is 10.1. The number of halogens is 1. The van der Waals surface area contributed by atoms with E-state index in [1.165, 1.54) is 11.8 Å². The number of thioether (sulfide) groups is 1. The molecule has 0 fully saturated rings. The summed E-state index contributed by atoms with van der Waals surface area (Å²) in [7, 11) is 0. The summed E-state index contributed by atoms with van der Waals surface area (Å²) in [5.41, 5.74) is 0. The SMILES string of the molecule is CC(C)CC(O)CNC(=O)CSc1ccc(Cl)cc1. The summed E-state index contributed by atoms with van der Waals surface area (Å²) in [6.45, 7) is 4.40. The van der Waals surface area contributed by atoms with E-state index in [9.17, 15) is 9.90 Å². The maximum Gasteiger partial charge on any atom is 0.230 e. The van der Waals surface area contributed by atoms with Crippen LogP contribution in [0, 0.1) is 5.92 Å². The van der Waals surface area contributed by atoms with E-state index in [2.05, 4.69) is 5.32 Å². The summed E-state index contributed by atoms with van der Waals surface area (Å²) in [5, 5.41) is 13.1. The Balaban J connectivity index is 2.22. The normalized spacial score (nSPS) is 12.5. The Hall–Kier alpha value is -0.710. The van der Waals surface area contributed by atoms with Crippen LogP contribution >= 0.6 is 23.4 Å². The third-order valence-corrected chi connectivity index (χ3v) is 3.73. The molecule has 0 aromatic heterocycles. The van der Waals surface area contributed by atoms with Gasteiger partial charge in [-0.2, -0.15) is 0 Å². The summed E-state index contributed by atoms with van der Waals surface area (Å²) in [5.74, 6) is 0.703. The number of amides is 1. The summed E-state index contributed by atoms with van der Waals surface area (Å²) < 4.78 is 0. The lowest BCUT2D eigenvalue weighted by molar-refractivity contribution is -0.119. The predicted octanol–water partition coefficient (Wildman–Crippen LogP) is 2.96. The molecule has 0 radical (unpaired) electrons. The number of benzene rings is 1. The van der Waals surface area contributed by atoms with Gasteiger partial charge in [0.1, 0.15) is 0 Å². The van der Waals surface area contributed by atoms with Crippen LogP contribution in [0.3, 0.4) is 0 Å². The minimum atomic E-state index is -0.468. The maximum atomic E-state index is 11.6. The van der Waals surface area contributed by atoms with Crippen LogP contribution in [-0.4, -0.2) is 29.4 Å². The molecule has 106 valence electrons. The highest BCUT2D eigenvalue weighted by Gasteiger charge is 2.09. The second-order valence-electron chi connectivity index (χ2n) is 4.83. The first kappa shape index (κ1) is 16.3. The number of carbonyl (C=O) groups is 1. The summed E-state index contributed by atoms with van der Waals surface area (Å²) >= 11 is 7.23. The fraction of sp³-hybridized carbons (Fsp3) is 0.500. The van der Waals surface area contributed by atoms with Gasteiger partial charge in [-0.3, -0.25) is 4.79 Å². The molecule has 1 aromatic carbocycles. The molecule has 0 aliphatic carbocycles. The molecule has 1 aromatic rings. The largest absolute Gasteiger partial charge is 0.391 e. The van der Waals surface area contributed by atoms with Gasteiger partial charge in [0, 0.05) is 16.5 Å². The number of nitrogens with one attached hydrogen (secondary N) is 1. The third kappa shape index (κ3) is 7.45. The van der Waals surface area contributed by atoms with Gasteiger partial charge in [-0.05, 0) is 36.6 Å². The Morgan fingerprint density at radius 2 is 2.00 bits per heavy atom. The van der Waals surface area contributed by atoms with E-state index in [-0.39, 0.29) is 5.91 Å². The van der Waals surface area contributed by atoms with Gasteiger partial charge >= 0.3 is 0 Å². The first-order valence-electron chi connectivity index (χ1n) is 6.30. The van der Waals surface area contributed by atoms with Gasteiger partial charge in [0.25, 0.3) is 0 Å². The van der Waals surface area contributed by atoms with Crippen molar-refractivity contribution in [3.05, 3.63) is 29.3 Å². The predicted molar refractivity (Wildman–Crippen MR) is 80.6 cm³/mol. The topological polar surface area (TPSA) is 49.3 Å². The monoisotopic (exact) mass is 301 g/mol. The van der Waals surface area contributed by atoms with E-state index >= 15 is 0 Å². The van der Waals surface area contributed by atoms with Crippen LogP contribution in [0.25, 0.3) is 0 Å². The molecule has 19 heavy (non-hydrogen) atoms. The zero-order valence-electron chi connectivity index (χ0n) is 11.2. The maximum absolute atomic E-state index is 11.6. The van der Waals surface area contributed by atoms with Crippen molar-refractivity contribution in [3.8, 4) is 0 Å². The number of aliphatic hydroxyl groups is 1. The Morgan fingerprint density at radius 1 is 1.37 bits per heavy atom. The lowest BCUT2D eigenvalue weighted by Crippen LogP contribution is -2.33. The average Bonchev–Trinajstić information content (AvgIpc) is 2.35. The van der Waals surface area contributed by atoms with Crippen LogP contribution in [0.4, 0.5) is 0 Å². The lowest BCUT2D eigenvalue weighted by Gasteiger charge is -2.13. The van der Waals surface area contributed by atoms with Gasteiger partial charge in [0.2, 0.25) is 5.91 Å². The molecular weight excluding hydrogens is 282 g/mol. The van der Waals surface area contributed by atoms with Crippen molar-refractivity contribution in [2.75, 3.05) is 12.3 Å². The third-order valence-electron chi connectivity index (χ3n) is 2.46. The van der Waals surface area contributed by atoms with E-state index in [0.717, 1.165) is 4.90 Å². The van der Waals surface area contributed by atoms with Crippen molar-refractivity contribution >= 4 is 29.3 Å². The molecule has 0 aliphatic rings. The summed E-state index contributed by atoms with van der Waals surface area (Å²) in [4.78, 5) is 12.6. The smallest absolute Gasteiger partial charge is 0.230 e. The molecule has 0 saturated carbocycles. The van der Waals surface area contributed by atoms with Gasteiger partial charge in [0.05, 0.1) is 11.9 Å². The zero-order chi connectivity index (χ0) is 14.3. The van der Waals surface area contributed by atoms with Crippen molar-refractivity contribution in [3.63, 3.8) is 0 Å². The Bertz CT molecular complexity index is 395. The highest BCUT2D eigenvalue weighted by Crippen LogP contribution is 2.19. The van der Waals surface area contributed by atoms with Gasteiger partial charge in [-0.25, -0.2) is 0 Å². The molecule has 0 aliphatic heterocycles. The van der Waals surface area contributed by atoms with Crippen molar-refractivity contribution in [1.82, 2.24) is 5.32 Å². The van der Waals surface area contributed by atoms with Crippen molar-refractivity contribution in [1.29, 1.82) is 0 Å². The van der Waals surface area contributed by atoms with Gasteiger partial charge < -0.3 is 10.4 Å². The molecule has 0 bridgehead atoms. The van der Waals surface area contributed by atoms with E-state index < -0.39 is 6.10 Å². The minimum absolute atomic E-state index is 0.0669. The molecular formula is C14H20ClNO2S. The quantitative estimate of drug-likeness (QED) is 0.761. The van der Waals surface area contributed by atoms with Crippen LogP contribution in [0.15, 0.2) is 29.2 Å². The van der Waals surface area contributed by atoms with Crippen LogP contribution in [0.2, 0.25) is 5.02 Å². The van der Waals surface area contributed by atoms with Crippen molar-refractivity contribution in [2.45, 2.75) is 31.3 Å². The standard InChI is InChI=1S/C14H20ClNO2S/c1-10(2)7-12(17)8-16-14(18)9-19-13-5-3-11(15)4-6-13/h3-6,10,12,17H,7-9H2,1-2H3,(H,16,18). The molecule has 0 saturated heterocycles. The second-order valence-corrected chi connectivity index (χ2v) is 6.32. The number of rotatable bonds is 7. The minimum Gasteiger partial charge on any atom is -0.391 e. The molecule has 3 nitrogen and oxygen atoms in total. The second kappa shape index (κ2) is 8.46. The molecule has 1 atom stereocenters. The van der Waals surface area contributed by atoms with Crippen molar-refractivity contribution in [2.24, 2.45) is 5.92 Å². The van der Waals surface area contributed by atoms with Crippen LogP contribution in [0.5, 0.6) is 0 Å². The van der Waals surface area contributed by atoms with Gasteiger partial charge in [-0.15, -0.1) is 11.8 Å². The van der Waals surface area contributed by atoms with E-state index in [4.69, 9.17) is 11.6 Å².